The van der Waals surface area contributed by atoms with Gasteiger partial charge in [0.05, 0.1) is 6.26 Å². The molecular weight excluding hydrogens is 330 g/mol. The quantitative estimate of drug-likeness (QED) is 0.601. The van der Waals surface area contributed by atoms with Gasteiger partial charge in [-0.15, -0.1) is 0 Å². The van der Waals surface area contributed by atoms with Crippen LogP contribution in [0, 0.1) is 0 Å². The third-order valence-electron chi connectivity index (χ3n) is 3.40. The summed E-state index contributed by atoms with van der Waals surface area (Å²) in [4.78, 5) is 23.5. The van der Waals surface area contributed by atoms with Crippen LogP contribution in [0.25, 0.3) is 0 Å². The lowest BCUT2D eigenvalue weighted by Gasteiger charge is -2.17. The summed E-state index contributed by atoms with van der Waals surface area (Å²) in [5, 5.41) is 5.40. The maximum atomic E-state index is 11.8. The van der Waals surface area contributed by atoms with E-state index >= 15 is 0 Å². The van der Waals surface area contributed by atoms with Crippen LogP contribution in [-0.4, -0.2) is 57.0 Å². The summed E-state index contributed by atoms with van der Waals surface area (Å²) in [6.45, 7) is 3.22. The van der Waals surface area contributed by atoms with E-state index in [0.717, 1.165) is 0 Å². The molecule has 1 aromatic carbocycles. The molecule has 0 heterocycles. The molecule has 0 unspecified atom stereocenters. The van der Waals surface area contributed by atoms with Crippen molar-refractivity contribution in [1.29, 1.82) is 0 Å². The standard InChI is InChI=1S/C16H25N3O4S/c1-3-19(24(2,22)23)13-7-11-17-15(20)10-12-18-16(21)14-8-5-4-6-9-14/h4-6,8-9H,3,7,10-13H2,1-2H3,(H,17,20)(H,18,21). The van der Waals surface area contributed by atoms with Gasteiger partial charge in [0.15, 0.2) is 0 Å². The molecule has 0 bridgehead atoms. The van der Waals surface area contributed by atoms with Crippen molar-refractivity contribution in [3.05, 3.63) is 35.9 Å². The highest BCUT2D eigenvalue weighted by molar-refractivity contribution is 7.88. The van der Waals surface area contributed by atoms with E-state index in [9.17, 15) is 18.0 Å². The third-order valence-corrected chi connectivity index (χ3v) is 4.78. The predicted molar refractivity (Wildman–Crippen MR) is 93.1 cm³/mol. The number of benzene rings is 1. The molecule has 0 saturated carbocycles. The van der Waals surface area contributed by atoms with Gasteiger partial charge in [-0.3, -0.25) is 9.59 Å². The number of hydrogen-bond acceptors (Lipinski definition) is 4. The highest BCUT2D eigenvalue weighted by Gasteiger charge is 2.13. The number of carbonyl (C=O) groups is 2. The molecule has 24 heavy (non-hydrogen) atoms. The summed E-state index contributed by atoms with van der Waals surface area (Å²) in [6, 6.07) is 8.79. The number of hydrogen-bond donors (Lipinski definition) is 2. The monoisotopic (exact) mass is 355 g/mol. The van der Waals surface area contributed by atoms with E-state index in [1.165, 1.54) is 10.6 Å². The van der Waals surface area contributed by atoms with Crippen LogP contribution in [0.5, 0.6) is 0 Å². The fourth-order valence-corrected chi connectivity index (χ4v) is 3.04. The Morgan fingerprint density at radius 3 is 2.33 bits per heavy atom. The molecule has 0 aliphatic carbocycles. The van der Waals surface area contributed by atoms with Crippen molar-refractivity contribution >= 4 is 21.8 Å². The Balaban J connectivity index is 2.17. The Kier molecular flexibility index (Phi) is 8.42. The van der Waals surface area contributed by atoms with Crippen molar-refractivity contribution in [2.75, 3.05) is 32.4 Å². The summed E-state index contributed by atoms with van der Waals surface area (Å²) >= 11 is 0. The van der Waals surface area contributed by atoms with Crippen molar-refractivity contribution in [3.63, 3.8) is 0 Å². The smallest absolute Gasteiger partial charge is 0.251 e. The molecule has 7 nitrogen and oxygen atoms in total. The lowest BCUT2D eigenvalue weighted by atomic mass is 10.2. The van der Waals surface area contributed by atoms with Crippen LogP contribution in [0.2, 0.25) is 0 Å². The van der Waals surface area contributed by atoms with Gasteiger partial charge < -0.3 is 10.6 Å². The van der Waals surface area contributed by atoms with Gasteiger partial charge >= 0.3 is 0 Å². The molecule has 1 rings (SSSR count). The van der Waals surface area contributed by atoms with E-state index in [-0.39, 0.29) is 24.8 Å². The fraction of sp³-hybridized carbons (Fsp3) is 0.500. The summed E-state index contributed by atoms with van der Waals surface area (Å²) in [6.07, 6.45) is 1.90. The molecule has 0 aliphatic rings. The van der Waals surface area contributed by atoms with E-state index in [1.807, 2.05) is 6.07 Å². The molecule has 134 valence electrons. The first-order valence-corrected chi connectivity index (χ1v) is 9.74. The van der Waals surface area contributed by atoms with Gasteiger partial charge in [0.25, 0.3) is 5.91 Å². The van der Waals surface area contributed by atoms with Crippen LogP contribution in [-0.2, 0) is 14.8 Å². The van der Waals surface area contributed by atoms with E-state index < -0.39 is 10.0 Å². The summed E-state index contributed by atoms with van der Waals surface area (Å²) < 4.78 is 24.2. The lowest BCUT2D eigenvalue weighted by molar-refractivity contribution is -0.120. The van der Waals surface area contributed by atoms with E-state index in [4.69, 9.17) is 0 Å². The van der Waals surface area contributed by atoms with Crippen molar-refractivity contribution in [3.8, 4) is 0 Å². The van der Waals surface area contributed by atoms with Crippen molar-refractivity contribution in [2.45, 2.75) is 19.8 Å². The Labute approximate surface area is 143 Å². The minimum absolute atomic E-state index is 0.175. The van der Waals surface area contributed by atoms with E-state index in [1.54, 1.807) is 31.2 Å². The minimum Gasteiger partial charge on any atom is -0.356 e. The molecule has 0 radical (unpaired) electrons. The van der Waals surface area contributed by atoms with E-state index in [2.05, 4.69) is 10.6 Å². The Bertz CT molecular complexity index is 632. The highest BCUT2D eigenvalue weighted by Crippen LogP contribution is 1.99. The second kappa shape index (κ2) is 10.0. The first-order valence-electron chi connectivity index (χ1n) is 7.89. The van der Waals surface area contributed by atoms with Crippen LogP contribution in [0.15, 0.2) is 30.3 Å². The SMILES string of the molecule is CCN(CCCNC(=O)CCNC(=O)c1ccccc1)S(C)(=O)=O. The Morgan fingerprint density at radius 1 is 1.08 bits per heavy atom. The first-order chi connectivity index (χ1) is 11.3. The van der Waals surface area contributed by atoms with Gasteiger partial charge in [-0.1, -0.05) is 25.1 Å². The third kappa shape index (κ3) is 7.56. The molecule has 0 saturated heterocycles. The fourth-order valence-electron chi connectivity index (χ4n) is 2.11. The van der Waals surface area contributed by atoms with Gasteiger partial charge in [0.2, 0.25) is 15.9 Å². The average molecular weight is 355 g/mol. The number of nitrogens with one attached hydrogen (secondary N) is 2. The molecule has 0 spiro atoms. The zero-order chi connectivity index (χ0) is 18.0. The van der Waals surface area contributed by atoms with Crippen LogP contribution >= 0.6 is 0 Å². The normalized spacial score (nSPS) is 11.3. The van der Waals surface area contributed by atoms with Gasteiger partial charge in [0, 0.05) is 38.2 Å². The number of amides is 2. The van der Waals surface area contributed by atoms with Crippen LogP contribution in [0.3, 0.4) is 0 Å². The van der Waals surface area contributed by atoms with Crippen LogP contribution < -0.4 is 10.6 Å². The zero-order valence-corrected chi connectivity index (χ0v) is 14.9. The average Bonchev–Trinajstić information content (AvgIpc) is 2.54. The molecule has 0 atom stereocenters. The second-order valence-electron chi connectivity index (χ2n) is 5.33. The van der Waals surface area contributed by atoms with E-state index in [0.29, 0.717) is 31.6 Å². The summed E-state index contributed by atoms with van der Waals surface area (Å²) in [5.41, 5.74) is 0.554. The molecule has 0 aliphatic heterocycles. The van der Waals surface area contributed by atoms with Gasteiger partial charge in [-0.2, -0.15) is 0 Å². The van der Waals surface area contributed by atoms with Gasteiger partial charge in [-0.25, -0.2) is 12.7 Å². The largest absolute Gasteiger partial charge is 0.356 e. The topological polar surface area (TPSA) is 95.6 Å². The molecule has 8 heteroatoms. The predicted octanol–water partition coefficient (Wildman–Crippen LogP) is 0.594. The summed E-state index contributed by atoms with van der Waals surface area (Å²) in [5.74, 6) is -0.388. The maximum Gasteiger partial charge on any atom is 0.251 e. The number of sulfonamides is 1. The molecule has 0 aromatic heterocycles. The van der Waals surface area contributed by atoms with Crippen LogP contribution in [0.1, 0.15) is 30.1 Å². The van der Waals surface area contributed by atoms with Crippen LogP contribution in [0.4, 0.5) is 0 Å². The summed E-state index contributed by atoms with van der Waals surface area (Å²) in [7, 11) is -3.19. The highest BCUT2D eigenvalue weighted by atomic mass is 32.2. The number of carbonyl (C=O) groups excluding carboxylic acids is 2. The molecule has 2 amide bonds. The van der Waals surface area contributed by atoms with Gasteiger partial charge in [0.1, 0.15) is 0 Å². The van der Waals surface area contributed by atoms with Crippen molar-refractivity contribution in [2.24, 2.45) is 0 Å². The molecule has 2 N–H and O–H groups in total. The van der Waals surface area contributed by atoms with Gasteiger partial charge in [-0.05, 0) is 18.6 Å². The number of nitrogens with zero attached hydrogens (tertiary/aromatic N) is 1. The van der Waals surface area contributed by atoms with Crippen molar-refractivity contribution in [1.82, 2.24) is 14.9 Å². The molecular formula is C16H25N3O4S. The molecule has 0 fully saturated rings. The Hall–Kier alpha value is -1.93. The van der Waals surface area contributed by atoms with Crippen molar-refractivity contribution < 1.29 is 18.0 Å². The second-order valence-corrected chi connectivity index (χ2v) is 7.31. The first kappa shape index (κ1) is 20.1. The maximum absolute atomic E-state index is 11.8. The lowest BCUT2D eigenvalue weighted by Crippen LogP contribution is -2.34. The minimum atomic E-state index is -3.19. The molecule has 1 aromatic rings. The number of rotatable bonds is 10. The zero-order valence-electron chi connectivity index (χ0n) is 14.1. The Morgan fingerprint density at radius 2 is 1.75 bits per heavy atom.